The zero-order valence-electron chi connectivity index (χ0n) is 19.0. The van der Waals surface area contributed by atoms with Gasteiger partial charge in [0.1, 0.15) is 0 Å². The molecule has 0 aliphatic carbocycles. The average molecular weight is 480 g/mol. The molecule has 1 aliphatic rings. The lowest BCUT2D eigenvalue weighted by molar-refractivity contribution is 0.278. The van der Waals surface area contributed by atoms with E-state index in [2.05, 4.69) is 72.7 Å². The van der Waals surface area contributed by atoms with E-state index in [0.29, 0.717) is 5.92 Å². The number of benzene rings is 2. The van der Waals surface area contributed by atoms with Gasteiger partial charge in [-0.15, -0.1) is 23.5 Å². The topological polar surface area (TPSA) is 21.7 Å². The van der Waals surface area contributed by atoms with Crippen molar-refractivity contribution in [2.75, 3.05) is 45.9 Å². The van der Waals surface area contributed by atoms with Gasteiger partial charge < -0.3 is 14.4 Å². The van der Waals surface area contributed by atoms with Crippen LogP contribution in [0.25, 0.3) is 0 Å². The third kappa shape index (κ3) is 6.74. The molecule has 31 heavy (non-hydrogen) atoms. The van der Waals surface area contributed by atoms with Gasteiger partial charge in [0.2, 0.25) is 0 Å². The SMILES string of the molecule is COc1ccc(C2(CC(C)CN(C)CCc3ccc(Cl)cc3)SCCCS2)cc1OC. The Morgan fingerprint density at radius 3 is 2.35 bits per heavy atom. The van der Waals surface area contributed by atoms with Crippen LogP contribution in [0.4, 0.5) is 0 Å². The summed E-state index contributed by atoms with van der Waals surface area (Å²) in [6.07, 6.45) is 3.47. The van der Waals surface area contributed by atoms with E-state index >= 15 is 0 Å². The van der Waals surface area contributed by atoms with Crippen molar-refractivity contribution in [2.45, 2.75) is 30.3 Å². The number of likely N-dealkylation sites (N-methyl/N-ethyl adjacent to an activating group) is 1. The van der Waals surface area contributed by atoms with Gasteiger partial charge in [-0.3, -0.25) is 0 Å². The molecule has 1 atom stereocenters. The van der Waals surface area contributed by atoms with E-state index in [1.54, 1.807) is 14.2 Å². The minimum Gasteiger partial charge on any atom is -0.493 e. The van der Waals surface area contributed by atoms with Crippen LogP contribution in [0.1, 0.15) is 30.9 Å². The minimum absolute atomic E-state index is 0.0776. The van der Waals surface area contributed by atoms with Crippen LogP contribution >= 0.6 is 35.1 Å². The Hall–Kier alpha value is -1.01. The van der Waals surface area contributed by atoms with Crippen molar-refractivity contribution >= 4 is 35.1 Å². The fraction of sp³-hybridized carbons (Fsp3) is 0.520. The number of rotatable bonds is 10. The van der Waals surface area contributed by atoms with Crippen molar-refractivity contribution in [3.8, 4) is 11.5 Å². The highest BCUT2D eigenvalue weighted by Crippen LogP contribution is 2.55. The summed E-state index contributed by atoms with van der Waals surface area (Å²) in [7, 11) is 5.64. The lowest BCUT2D eigenvalue weighted by atomic mass is 9.98. The predicted octanol–water partition coefficient (Wildman–Crippen LogP) is 6.58. The second-order valence-electron chi connectivity index (χ2n) is 8.32. The van der Waals surface area contributed by atoms with Gasteiger partial charge in [-0.05, 0) is 79.1 Å². The number of nitrogens with zero attached hydrogens (tertiary/aromatic N) is 1. The maximum atomic E-state index is 6.01. The maximum Gasteiger partial charge on any atom is 0.161 e. The quantitative estimate of drug-likeness (QED) is 0.382. The normalized spacial score (nSPS) is 16.8. The minimum atomic E-state index is 0.0776. The van der Waals surface area contributed by atoms with Gasteiger partial charge in [0.15, 0.2) is 11.5 Å². The predicted molar refractivity (Wildman–Crippen MR) is 137 cm³/mol. The fourth-order valence-corrected chi connectivity index (χ4v) is 7.94. The summed E-state index contributed by atoms with van der Waals surface area (Å²) in [6, 6.07) is 14.7. The number of hydrogen-bond donors (Lipinski definition) is 0. The molecule has 0 N–H and O–H groups in total. The first-order valence-corrected chi connectivity index (χ1v) is 13.2. The van der Waals surface area contributed by atoms with Crippen LogP contribution in [0.5, 0.6) is 11.5 Å². The first-order chi connectivity index (χ1) is 15.0. The summed E-state index contributed by atoms with van der Waals surface area (Å²) in [5.41, 5.74) is 2.68. The number of hydrogen-bond acceptors (Lipinski definition) is 5. The molecular formula is C25H34ClNO2S2. The maximum absolute atomic E-state index is 6.01. The van der Waals surface area contributed by atoms with Crippen LogP contribution in [-0.4, -0.2) is 50.8 Å². The van der Waals surface area contributed by atoms with E-state index in [4.69, 9.17) is 21.1 Å². The number of halogens is 1. The lowest BCUT2D eigenvalue weighted by Crippen LogP contribution is -2.32. The molecule has 1 aliphatic heterocycles. The first kappa shape index (κ1) is 24.6. The second-order valence-corrected chi connectivity index (χ2v) is 11.8. The highest BCUT2D eigenvalue weighted by atomic mass is 35.5. The van der Waals surface area contributed by atoms with Crippen LogP contribution in [0, 0.1) is 5.92 Å². The van der Waals surface area contributed by atoms with E-state index in [1.165, 1.54) is 29.1 Å². The van der Waals surface area contributed by atoms with Crippen molar-refractivity contribution in [2.24, 2.45) is 5.92 Å². The highest BCUT2D eigenvalue weighted by Gasteiger charge is 2.37. The summed E-state index contributed by atoms with van der Waals surface area (Å²) in [4.78, 5) is 2.46. The Morgan fingerprint density at radius 1 is 1.03 bits per heavy atom. The van der Waals surface area contributed by atoms with Crippen LogP contribution in [0.15, 0.2) is 42.5 Å². The molecule has 1 heterocycles. The van der Waals surface area contributed by atoms with E-state index in [9.17, 15) is 0 Å². The van der Waals surface area contributed by atoms with Gasteiger partial charge in [-0.25, -0.2) is 0 Å². The number of ether oxygens (including phenoxy) is 2. The van der Waals surface area contributed by atoms with E-state index in [1.807, 2.05) is 12.1 Å². The molecule has 2 aromatic carbocycles. The molecule has 3 rings (SSSR count). The molecule has 3 nitrogen and oxygen atoms in total. The largest absolute Gasteiger partial charge is 0.493 e. The molecule has 0 spiro atoms. The molecule has 0 saturated carbocycles. The number of methoxy groups -OCH3 is 2. The highest BCUT2D eigenvalue weighted by molar-refractivity contribution is 8.18. The van der Waals surface area contributed by atoms with Crippen molar-refractivity contribution in [3.63, 3.8) is 0 Å². The standard InChI is InChI=1S/C25H34ClNO2S2/c1-19(18-27(2)13-12-20-6-9-22(26)10-7-20)17-25(30-14-5-15-31-25)21-8-11-23(28-3)24(16-21)29-4/h6-11,16,19H,5,12-15,17-18H2,1-4H3. The molecule has 1 fully saturated rings. The molecule has 0 bridgehead atoms. The Balaban J connectivity index is 1.65. The summed E-state index contributed by atoms with van der Waals surface area (Å²) in [5, 5.41) is 0.800. The molecule has 6 heteroatoms. The Bertz CT molecular complexity index is 825. The number of thioether (sulfide) groups is 2. The summed E-state index contributed by atoms with van der Waals surface area (Å²) < 4.78 is 11.1. The van der Waals surface area contributed by atoms with Crippen LogP contribution in [0.2, 0.25) is 5.02 Å². The third-order valence-corrected chi connectivity index (χ3v) is 9.40. The Morgan fingerprint density at radius 2 is 1.71 bits per heavy atom. The third-order valence-electron chi connectivity index (χ3n) is 5.72. The summed E-state index contributed by atoms with van der Waals surface area (Å²) in [6.45, 7) is 4.52. The second kappa shape index (κ2) is 11.7. The van der Waals surface area contributed by atoms with Gasteiger partial charge in [0.05, 0.1) is 18.3 Å². The van der Waals surface area contributed by atoms with E-state index in [-0.39, 0.29) is 4.08 Å². The molecular weight excluding hydrogens is 446 g/mol. The van der Waals surface area contributed by atoms with Crippen molar-refractivity contribution in [1.29, 1.82) is 0 Å². The smallest absolute Gasteiger partial charge is 0.161 e. The molecule has 2 aromatic rings. The van der Waals surface area contributed by atoms with Gasteiger partial charge in [0, 0.05) is 18.1 Å². The molecule has 1 unspecified atom stereocenters. The molecule has 0 amide bonds. The zero-order chi connectivity index (χ0) is 22.3. The van der Waals surface area contributed by atoms with Crippen LogP contribution in [0.3, 0.4) is 0 Å². The molecule has 0 radical (unpaired) electrons. The first-order valence-electron chi connectivity index (χ1n) is 10.9. The molecule has 0 aromatic heterocycles. The average Bonchev–Trinajstić information content (AvgIpc) is 2.78. The van der Waals surface area contributed by atoms with Crippen LogP contribution < -0.4 is 9.47 Å². The zero-order valence-corrected chi connectivity index (χ0v) is 21.4. The van der Waals surface area contributed by atoms with E-state index < -0.39 is 0 Å². The van der Waals surface area contributed by atoms with Crippen molar-refractivity contribution < 1.29 is 9.47 Å². The van der Waals surface area contributed by atoms with Gasteiger partial charge in [-0.1, -0.05) is 36.7 Å². The van der Waals surface area contributed by atoms with Gasteiger partial charge >= 0.3 is 0 Å². The van der Waals surface area contributed by atoms with Gasteiger partial charge in [-0.2, -0.15) is 0 Å². The molecule has 170 valence electrons. The fourth-order valence-electron chi connectivity index (χ4n) is 4.17. The lowest BCUT2D eigenvalue weighted by Gasteiger charge is -2.39. The molecule has 1 saturated heterocycles. The monoisotopic (exact) mass is 479 g/mol. The summed E-state index contributed by atoms with van der Waals surface area (Å²) in [5.74, 6) is 4.61. The van der Waals surface area contributed by atoms with Gasteiger partial charge in [0.25, 0.3) is 0 Å². The van der Waals surface area contributed by atoms with Crippen LogP contribution in [-0.2, 0) is 10.5 Å². The van der Waals surface area contributed by atoms with E-state index in [0.717, 1.165) is 42.5 Å². The summed E-state index contributed by atoms with van der Waals surface area (Å²) >= 11 is 10.2. The Kier molecular flexibility index (Phi) is 9.32. The van der Waals surface area contributed by atoms with Crippen molar-refractivity contribution in [1.82, 2.24) is 4.90 Å². The Labute approximate surface area is 201 Å². The van der Waals surface area contributed by atoms with Crippen molar-refractivity contribution in [3.05, 3.63) is 58.6 Å².